The fourth-order valence-electron chi connectivity index (χ4n) is 3.46. The van der Waals surface area contributed by atoms with Gasteiger partial charge in [-0.15, -0.1) is 0 Å². The molecule has 8 heteroatoms. The summed E-state index contributed by atoms with van der Waals surface area (Å²) in [5.74, 6) is -0.263. The van der Waals surface area contributed by atoms with Crippen LogP contribution in [0.1, 0.15) is 20.7 Å². The number of rotatable bonds is 5. The largest absolute Gasteiger partial charge is 0.494 e. The summed E-state index contributed by atoms with van der Waals surface area (Å²) in [7, 11) is 1.49. The fourth-order valence-corrected chi connectivity index (χ4v) is 3.90. The van der Waals surface area contributed by atoms with Gasteiger partial charge in [-0.05, 0) is 53.3 Å². The summed E-state index contributed by atoms with van der Waals surface area (Å²) in [6.45, 7) is 0. The van der Waals surface area contributed by atoms with E-state index in [1.165, 1.54) is 7.11 Å². The van der Waals surface area contributed by atoms with Gasteiger partial charge in [-0.3, -0.25) is 14.9 Å². The van der Waals surface area contributed by atoms with Crippen LogP contribution in [0.3, 0.4) is 0 Å². The van der Waals surface area contributed by atoms with Gasteiger partial charge in [0, 0.05) is 17.3 Å². The van der Waals surface area contributed by atoms with E-state index in [9.17, 15) is 9.59 Å². The van der Waals surface area contributed by atoms with E-state index in [0.29, 0.717) is 33.3 Å². The molecule has 0 atom stereocenters. The fraction of sp³-hybridized carbons (Fsp3) is 0.0385. The van der Waals surface area contributed by atoms with Crippen LogP contribution >= 0.6 is 23.8 Å². The van der Waals surface area contributed by atoms with Crippen LogP contribution in [0, 0.1) is 0 Å². The Hall–Kier alpha value is -3.94. The Kier molecular flexibility index (Phi) is 7.06. The molecular formula is C26H20ClN3O3S. The number of thiocarbonyl (C=S) groups is 1. The smallest absolute Gasteiger partial charge is 0.258 e. The average molecular weight is 490 g/mol. The molecule has 34 heavy (non-hydrogen) atoms. The average Bonchev–Trinajstić information content (AvgIpc) is 2.84. The number of benzene rings is 4. The Balaban J connectivity index is 1.45. The molecule has 4 rings (SSSR count). The van der Waals surface area contributed by atoms with Crippen molar-refractivity contribution in [2.24, 2.45) is 0 Å². The Morgan fingerprint density at radius 3 is 2.32 bits per heavy atom. The molecule has 0 saturated heterocycles. The first kappa shape index (κ1) is 23.2. The monoisotopic (exact) mass is 489 g/mol. The number of hydrogen-bond acceptors (Lipinski definition) is 4. The molecule has 0 spiro atoms. The van der Waals surface area contributed by atoms with Crippen LogP contribution in [0.4, 0.5) is 11.4 Å². The molecular weight excluding hydrogens is 470 g/mol. The third kappa shape index (κ3) is 5.17. The second-order valence-corrected chi connectivity index (χ2v) is 8.10. The highest BCUT2D eigenvalue weighted by Crippen LogP contribution is 2.29. The predicted molar refractivity (Wildman–Crippen MR) is 140 cm³/mol. The molecule has 0 bridgehead atoms. The van der Waals surface area contributed by atoms with Gasteiger partial charge in [-0.25, -0.2) is 0 Å². The summed E-state index contributed by atoms with van der Waals surface area (Å²) in [4.78, 5) is 25.4. The van der Waals surface area contributed by atoms with Gasteiger partial charge in [-0.2, -0.15) is 0 Å². The standard InChI is InChI=1S/C26H20ClN3O3S/c1-33-23-15-17(13-14-22(23)29-25(32)20-10-4-5-12-21(20)27)28-26(34)30-24(31)19-11-6-8-16-7-2-3-9-18(16)19/h2-15H,1H3,(H,29,32)(H2,28,30,31,34). The molecule has 4 aromatic rings. The van der Waals surface area contributed by atoms with Gasteiger partial charge in [-0.1, -0.05) is 60.1 Å². The number of hydrogen-bond donors (Lipinski definition) is 3. The third-order valence-electron chi connectivity index (χ3n) is 5.09. The van der Waals surface area contributed by atoms with E-state index in [1.807, 2.05) is 36.4 Å². The highest BCUT2D eigenvalue weighted by atomic mass is 35.5. The van der Waals surface area contributed by atoms with Gasteiger partial charge in [0.05, 0.1) is 23.4 Å². The van der Waals surface area contributed by atoms with E-state index >= 15 is 0 Å². The Morgan fingerprint density at radius 2 is 1.53 bits per heavy atom. The molecule has 0 heterocycles. The lowest BCUT2D eigenvalue weighted by molar-refractivity contribution is 0.0978. The number of carbonyl (C=O) groups is 2. The molecule has 4 aromatic carbocycles. The van der Waals surface area contributed by atoms with Gasteiger partial charge in [0.1, 0.15) is 5.75 Å². The number of methoxy groups -OCH3 is 1. The molecule has 0 aliphatic rings. The van der Waals surface area contributed by atoms with Crippen molar-refractivity contribution in [1.29, 1.82) is 0 Å². The highest BCUT2D eigenvalue weighted by molar-refractivity contribution is 7.80. The maximum absolute atomic E-state index is 12.8. The zero-order valence-corrected chi connectivity index (χ0v) is 19.7. The Labute approximate surface area is 206 Å². The minimum absolute atomic E-state index is 0.132. The summed E-state index contributed by atoms with van der Waals surface area (Å²) in [5, 5.41) is 10.8. The summed E-state index contributed by atoms with van der Waals surface area (Å²) in [6.07, 6.45) is 0. The minimum atomic E-state index is -0.359. The van der Waals surface area contributed by atoms with Crippen molar-refractivity contribution in [1.82, 2.24) is 5.32 Å². The maximum atomic E-state index is 12.8. The molecule has 170 valence electrons. The highest BCUT2D eigenvalue weighted by Gasteiger charge is 2.15. The van der Waals surface area contributed by atoms with Gasteiger partial charge >= 0.3 is 0 Å². The maximum Gasteiger partial charge on any atom is 0.258 e. The van der Waals surface area contributed by atoms with Crippen molar-refractivity contribution in [3.8, 4) is 5.75 Å². The molecule has 2 amide bonds. The molecule has 0 saturated carbocycles. The number of amides is 2. The first-order chi connectivity index (χ1) is 16.5. The number of nitrogens with one attached hydrogen (secondary N) is 3. The number of anilines is 2. The molecule has 0 fully saturated rings. The van der Waals surface area contributed by atoms with Crippen molar-refractivity contribution < 1.29 is 14.3 Å². The zero-order valence-electron chi connectivity index (χ0n) is 18.1. The van der Waals surface area contributed by atoms with E-state index in [4.69, 9.17) is 28.6 Å². The lowest BCUT2D eigenvalue weighted by Gasteiger charge is -2.14. The Bertz CT molecular complexity index is 1400. The first-order valence-corrected chi connectivity index (χ1v) is 11.1. The van der Waals surface area contributed by atoms with E-state index in [0.717, 1.165) is 10.8 Å². The van der Waals surface area contributed by atoms with E-state index < -0.39 is 0 Å². The lowest BCUT2D eigenvalue weighted by atomic mass is 10.0. The quantitative estimate of drug-likeness (QED) is 0.305. The third-order valence-corrected chi connectivity index (χ3v) is 5.62. The summed E-state index contributed by atoms with van der Waals surface area (Å²) in [5.41, 5.74) is 1.92. The number of fused-ring (bicyclic) bond motifs is 1. The van der Waals surface area contributed by atoms with Gasteiger partial charge in [0.2, 0.25) is 0 Å². The van der Waals surface area contributed by atoms with Gasteiger partial charge < -0.3 is 15.4 Å². The van der Waals surface area contributed by atoms with Crippen LogP contribution in [0.5, 0.6) is 5.75 Å². The predicted octanol–water partition coefficient (Wildman–Crippen LogP) is 5.88. The van der Waals surface area contributed by atoms with Crippen molar-refractivity contribution >= 4 is 62.9 Å². The topological polar surface area (TPSA) is 79.5 Å². The second kappa shape index (κ2) is 10.3. The first-order valence-electron chi connectivity index (χ1n) is 10.3. The summed E-state index contributed by atoms with van der Waals surface area (Å²) >= 11 is 11.4. The summed E-state index contributed by atoms with van der Waals surface area (Å²) in [6, 6.07) is 25.0. The zero-order chi connectivity index (χ0) is 24.1. The number of ether oxygens (including phenoxy) is 1. The molecule has 0 aliphatic heterocycles. The van der Waals surface area contributed by atoms with Crippen molar-refractivity contribution in [3.63, 3.8) is 0 Å². The van der Waals surface area contributed by atoms with Crippen LogP contribution in [0.25, 0.3) is 10.8 Å². The summed E-state index contributed by atoms with van der Waals surface area (Å²) < 4.78 is 5.41. The van der Waals surface area contributed by atoms with E-state index in [-0.39, 0.29) is 16.9 Å². The Morgan fingerprint density at radius 1 is 0.824 bits per heavy atom. The molecule has 0 radical (unpaired) electrons. The minimum Gasteiger partial charge on any atom is -0.494 e. The van der Waals surface area contributed by atoms with Crippen LogP contribution in [0.2, 0.25) is 5.02 Å². The van der Waals surface area contributed by atoms with Crippen LogP contribution < -0.4 is 20.7 Å². The van der Waals surface area contributed by atoms with Crippen molar-refractivity contribution in [3.05, 3.63) is 101 Å². The normalized spacial score (nSPS) is 10.4. The molecule has 0 aliphatic carbocycles. The SMILES string of the molecule is COc1cc(NC(=S)NC(=O)c2cccc3ccccc23)ccc1NC(=O)c1ccccc1Cl. The van der Waals surface area contributed by atoms with E-state index in [2.05, 4.69) is 16.0 Å². The van der Waals surface area contributed by atoms with E-state index in [1.54, 1.807) is 48.5 Å². The van der Waals surface area contributed by atoms with Gasteiger partial charge in [0.15, 0.2) is 5.11 Å². The molecule has 0 unspecified atom stereocenters. The number of halogens is 1. The van der Waals surface area contributed by atoms with Gasteiger partial charge in [0.25, 0.3) is 11.8 Å². The molecule has 3 N–H and O–H groups in total. The molecule has 6 nitrogen and oxygen atoms in total. The molecule has 0 aromatic heterocycles. The van der Waals surface area contributed by atoms with Crippen molar-refractivity contribution in [2.45, 2.75) is 0 Å². The second-order valence-electron chi connectivity index (χ2n) is 7.28. The van der Waals surface area contributed by atoms with Crippen LogP contribution in [-0.2, 0) is 0 Å². The van der Waals surface area contributed by atoms with Crippen LogP contribution in [-0.4, -0.2) is 24.0 Å². The van der Waals surface area contributed by atoms with Crippen LogP contribution in [0.15, 0.2) is 84.9 Å². The number of carbonyl (C=O) groups excluding carboxylic acids is 2. The van der Waals surface area contributed by atoms with Crippen molar-refractivity contribution in [2.75, 3.05) is 17.7 Å². The lowest BCUT2D eigenvalue weighted by Crippen LogP contribution is -2.34.